The molecule has 1 fully saturated rings. The predicted molar refractivity (Wildman–Crippen MR) is 92.2 cm³/mol. The highest BCUT2D eigenvalue weighted by molar-refractivity contribution is 5.33. The predicted octanol–water partition coefficient (Wildman–Crippen LogP) is 4.35. The standard InChI is InChI=1S/C20H29NO/c1-16-15-21(12-10-17-6-3-4-7-17)13-11-20(16,2)18-8-5-9-19(22)14-18/h3,5-6,8-9,14,16-17,22H,4,7,10-13,15H2,1-2H3. The molecule has 1 saturated heterocycles. The summed E-state index contributed by atoms with van der Waals surface area (Å²) in [7, 11) is 0. The van der Waals surface area contributed by atoms with E-state index >= 15 is 0 Å². The van der Waals surface area contributed by atoms with Gasteiger partial charge in [-0.25, -0.2) is 0 Å². The van der Waals surface area contributed by atoms with Crippen molar-refractivity contribution >= 4 is 0 Å². The molecule has 3 rings (SSSR count). The highest BCUT2D eigenvalue weighted by Crippen LogP contribution is 2.40. The van der Waals surface area contributed by atoms with E-state index in [1.807, 2.05) is 12.1 Å². The van der Waals surface area contributed by atoms with Crippen molar-refractivity contribution in [1.82, 2.24) is 4.90 Å². The molecule has 1 N–H and O–H groups in total. The molecule has 1 aliphatic carbocycles. The van der Waals surface area contributed by atoms with Gasteiger partial charge >= 0.3 is 0 Å². The Morgan fingerprint density at radius 1 is 1.36 bits per heavy atom. The van der Waals surface area contributed by atoms with Gasteiger partial charge in [0.25, 0.3) is 0 Å². The van der Waals surface area contributed by atoms with E-state index in [9.17, 15) is 5.11 Å². The largest absolute Gasteiger partial charge is 0.508 e. The minimum absolute atomic E-state index is 0.183. The van der Waals surface area contributed by atoms with Gasteiger partial charge in [0.15, 0.2) is 0 Å². The maximum atomic E-state index is 9.79. The zero-order valence-electron chi connectivity index (χ0n) is 14.0. The number of rotatable bonds is 4. The number of allylic oxidation sites excluding steroid dienone is 2. The van der Waals surface area contributed by atoms with Crippen molar-refractivity contribution in [3.63, 3.8) is 0 Å². The summed E-state index contributed by atoms with van der Waals surface area (Å²) in [6.45, 7) is 8.31. The Labute approximate surface area is 134 Å². The Kier molecular flexibility index (Phi) is 4.58. The third-order valence-corrected chi connectivity index (χ3v) is 6.00. The van der Waals surface area contributed by atoms with E-state index in [0.717, 1.165) is 5.92 Å². The molecule has 0 bridgehead atoms. The van der Waals surface area contributed by atoms with Gasteiger partial charge in [0.05, 0.1) is 0 Å². The number of benzene rings is 1. The number of nitrogens with zero attached hydrogens (tertiary/aromatic N) is 1. The lowest BCUT2D eigenvalue weighted by Gasteiger charge is -2.45. The Morgan fingerprint density at radius 3 is 2.91 bits per heavy atom. The molecule has 0 radical (unpaired) electrons. The number of aromatic hydroxyl groups is 1. The van der Waals surface area contributed by atoms with Crippen LogP contribution in [-0.4, -0.2) is 29.6 Å². The van der Waals surface area contributed by atoms with Crippen molar-refractivity contribution in [3.05, 3.63) is 42.0 Å². The quantitative estimate of drug-likeness (QED) is 0.836. The molecule has 0 saturated carbocycles. The van der Waals surface area contributed by atoms with Crippen molar-refractivity contribution in [2.75, 3.05) is 19.6 Å². The van der Waals surface area contributed by atoms with Crippen LogP contribution < -0.4 is 0 Å². The summed E-state index contributed by atoms with van der Waals surface area (Å²) < 4.78 is 0. The van der Waals surface area contributed by atoms with Gasteiger partial charge in [-0.2, -0.15) is 0 Å². The van der Waals surface area contributed by atoms with Gasteiger partial charge in [0.2, 0.25) is 0 Å². The number of piperidine rings is 1. The SMILES string of the molecule is CC1CN(CCC2C=CCC2)CCC1(C)c1cccc(O)c1. The summed E-state index contributed by atoms with van der Waals surface area (Å²) in [5.74, 6) is 1.82. The third kappa shape index (κ3) is 3.22. The summed E-state index contributed by atoms with van der Waals surface area (Å²) in [6.07, 6.45) is 9.86. The number of hydrogen-bond donors (Lipinski definition) is 1. The second-order valence-electron chi connectivity index (χ2n) is 7.47. The highest BCUT2D eigenvalue weighted by Gasteiger charge is 2.38. The fraction of sp³-hybridized carbons (Fsp3) is 0.600. The van der Waals surface area contributed by atoms with E-state index in [1.54, 1.807) is 6.07 Å². The second-order valence-corrected chi connectivity index (χ2v) is 7.47. The average Bonchev–Trinajstić information content (AvgIpc) is 3.02. The van der Waals surface area contributed by atoms with Crippen LogP contribution in [0.3, 0.4) is 0 Å². The number of likely N-dealkylation sites (tertiary alicyclic amines) is 1. The fourth-order valence-electron chi connectivity index (χ4n) is 4.09. The van der Waals surface area contributed by atoms with Gasteiger partial charge in [0.1, 0.15) is 5.75 Å². The van der Waals surface area contributed by atoms with Crippen molar-refractivity contribution in [2.45, 2.75) is 44.9 Å². The van der Waals surface area contributed by atoms with Crippen LogP contribution >= 0.6 is 0 Å². The first kappa shape index (κ1) is 15.6. The fourth-order valence-corrected chi connectivity index (χ4v) is 4.09. The topological polar surface area (TPSA) is 23.5 Å². The molecule has 120 valence electrons. The van der Waals surface area contributed by atoms with Crippen LogP contribution in [-0.2, 0) is 5.41 Å². The zero-order valence-corrected chi connectivity index (χ0v) is 14.0. The molecule has 0 spiro atoms. The molecule has 2 nitrogen and oxygen atoms in total. The summed E-state index contributed by atoms with van der Waals surface area (Å²) in [5, 5.41) is 9.79. The average molecular weight is 299 g/mol. The van der Waals surface area contributed by atoms with Crippen LogP contribution in [0, 0.1) is 11.8 Å². The third-order valence-electron chi connectivity index (χ3n) is 6.00. The van der Waals surface area contributed by atoms with E-state index in [0.29, 0.717) is 11.7 Å². The van der Waals surface area contributed by atoms with Gasteiger partial charge in [-0.1, -0.05) is 38.1 Å². The van der Waals surface area contributed by atoms with Gasteiger partial charge in [-0.15, -0.1) is 0 Å². The first-order valence-electron chi connectivity index (χ1n) is 8.76. The van der Waals surface area contributed by atoms with Crippen molar-refractivity contribution in [1.29, 1.82) is 0 Å². The van der Waals surface area contributed by atoms with Crippen molar-refractivity contribution in [2.24, 2.45) is 11.8 Å². The van der Waals surface area contributed by atoms with E-state index in [-0.39, 0.29) is 5.41 Å². The van der Waals surface area contributed by atoms with Gasteiger partial charge in [-0.05, 0) is 73.7 Å². The molecule has 1 heterocycles. The molecule has 0 amide bonds. The molecular weight excluding hydrogens is 270 g/mol. The zero-order chi connectivity index (χ0) is 15.6. The molecular formula is C20H29NO. The van der Waals surface area contributed by atoms with Gasteiger partial charge in [-0.3, -0.25) is 0 Å². The normalized spacial score (nSPS) is 32.5. The molecule has 2 aliphatic rings. The lowest BCUT2D eigenvalue weighted by Crippen LogP contribution is -2.47. The molecule has 1 aromatic carbocycles. The van der Waals surface area contributed by atoms with Crippen molar-refractivity contribution in [3.8, 4) is 5.75 Å². The first-order valence-corrected chi connectivity index (χ1v) is 8.76. The minimum atomic E-state index is 0.183. The molecule has 2 heteroatoms. The number of phenolic OH excluding ortho intramolecular Hbond substituents is 1. The Balaban J connectivity index is 1.60. The van der Waals surface area contributed by atoms with E-state index in [4.69, 9.17) is 0 Å². The lowest BCUT2D eigenvalue weighted by molar-refractivity contribution is 0.107. The van der Waals surface area contributed by atoms with Crippen LogP contribution in [0.5, 0.6) is 5.75 Å². The van der Waals surface area contributed by atoms with Crippen molar-refractivity contribution < 1.29 is 5.11 Å². The summed E-state index contributed by atoms with van der Waals surface area (Å²) >= 11 is 0. The van der Waals surface area contributed by atoms with Crippen LogP contribution in [0.2, 0.25) is 0 Å². The minimum Gasteiger partial charge on any atom is -0.508 e. The first-order chi connectivity index (χ1) is 10.6. The summed E-state index contributed by atoms with van der Waals surface area (Å²) in [4.78, 5) is 2.64. The smallest absolute Gasteiger partial charge is 0.115 e. The monoisotopic (exact) mass is 299 g/mol. The molecule has 0 aromatic heterocycles. The number of phenols is 1. The van der Waals surface area contributed by atoms with E-state index in [2.05, 4.69) is 37.0 Å². The Hall–Kier alpha value is -1.28. The molecule has 22 heavy (non-hydrogen) atoms. The molecule has 3 atom stereocenters. The lowest BCUT2D eigenvalue weighted by atomic mass is 9.68. The van der Waals surface area contributed by atoms with Crippen LogP contribution in [0.1, 0.15) is 45.1 Å². The Bertz CT molecular complexity index is 538. The van der Waals surface area contributed by atoms with Crippen LogP contribution in [0.25, 0.3) is 0 Å². The highest BCUT2D eigenvalue weighted by atomic mass is 16.3. The van der Waals surface area contributed by atoms with Crippen LogP contribution in [0.4, 0.5) is 0 Å². The maximum Gasteiger partial charge on any atom is 0.115 e. The van der Waals surface area contributed by atoms with Crippen LogP contribution in [0.15, 0.2) is 36.4 Å². The molecule has 3 unspecified atom stereocenters. The number of hydrogen-bond acceptors (Lipinski definition) is 2. The van der Waals surface area contributed by atoms with Gasteiger partial charge < -0.3 is 10.0 Å². The Morgan fingerprint density at radius 2 is 2.23 bits per heavy atom. The molecule has 1 aliphatic heterocycles. The second kappa shape index (κ2) is 6.45. The maximum absolute atomic E-state index is 9.79. The van der Waals surface area contributed by atoms with Gasteiger partial charge in [0, 0.05) is 6.54 Å². The summed E-state index contributed by atoms with van der Waals surface area (Å²) in [5.41, 5.74) is 1.47. The van der Waals surface area contributed by atoms with E-state index in [1.165, 1.54) is 50.9 Å². The summed E-state index contributed by atoms with van der Waals surface area (Å²) in [6, 6.07) is 7.87. The molecule has 1 aromatic rings. The van der Waals surface area contributed by atoms with E-state index < -0.39 is 0 Å².